The minimum Gasteiger partial charge on any atom is -0.477 e. The van der Waals surface area contributed by atoms with Crippen LogP contribution in [-0.2, 0) is 11.3 Å². The summed E-state index contributed by atoms with van der Waals surface area (Å²) in [5.74, 6) is -1.18. The van der Waals surface area contributed by atoms with Gasteiger partial charge in [-0.05, 0) is 12.1 Å². The molecule has 0 spiro atoms. The number of ether oxygens (including phenoxy) is 1. The van der Waals surface area contributed by atoms with Crippen LogP contribution in [0.25, 0.3) is 0 Å². The number of rotatable bonds is 4. The lowest BCUT2D eigenvalue weighted by Crippen LogP contribution is -2.39. The van der Waals surface area contributed by atoms with Gasteiger partial charge in [0, 0.05) is 32.4 Å². The third-order valence-corrected chi connectivity index (χ3v) is 3.01. The molecule has 1 aromatic heterocycles. The third kappa shape index (κ3) is 2.96. The van der Waals surface area contributed by atoms with Crippen LogP contribution in [0.1, 0.15) is 10.4 Å². The zero-order valence-electron chi connectivity index (χ0n) is 10.0. The lowest BCUT2D eigenvalue weighted by Gasteiger charge is -2.26. The zero-order valence-corrected chi connectivity index (χ0v) is 10.0. The summed E-state index contributed by atoms with van der Waals surface area (Å²) in [4.78, 5) is 24.9. The molecular weight excluding hydrogens is 236 g/mol. The van der Waals surface area contributed by atoms with Crippen LogP contribution in [0.2, 0.25) is 0 Å². The number of carboxylic acids is 1. The second kappa shape index (κ2) is 5.79. The summed E-state index contributed by atoms with van der Waals surface area (Å²) < 4.78 is 6.68. The van der Waals surface area contributed by atoms with E-state index in [1.807, 2.05) is 0 Å². The lowest BCUT2D eigenvalue weighted by molar-refractivity contribution is 0.0362. The fourth-order valence-electron chi connectivity index (χ4n) is 1.95. The quantitative estimate of drug-likeness (QED) is 0.808. The van der Waals surface area contributed by atoms with Crippen molar-refractivity contribution < 1.29 is 14.6 Å². The highest BCUT2D eigenvalue weighted by molar-refractivity contribution is 5.86. The Labute approximate surface area is 104 Å². The molecule has 1 aliphatic rings. The number of aromatic nitrogens is 1. The molecule has 0 unspecified atom stereocenters. The monoisotopic (exact) mass is 252 g/mol. The van der Waals surface area contributed by atoms with Gasteiger partial charge in [0.2, 0.25) is 0 Å². The molecule has 98 valence electrons. The lowest BCUT2D eigenvalue weighted by atomic mass is 10.3. The van der Waals surface area contributed by atoms with Gasteiger partial charge in [0.25, 0.3) is 5.56 Å². The van der Waals surface area contributed by atoms with Crippen molar-refractivity contribution >= 4 is 5.97 Å². The van der Waals surface area contributed by atoms with Crippen LogP contribution < -0.4 is 5.56 Å². The average Bonchev–Trinajstić information content (AvgIpc) is 2.38. The van der Waals surface area contributed by atoms with Crippen LogP contribution in [0.5, 0.6) is 0 Å². The SMILES string of the molecule is O=C(O)c1cccn(CCN2CCOCC2)c1=O. The molecule has 0 bridgehead atoms. The Morgan fingerprint density at radius 3 is 2.72 bits per heavy atom. The van der Waals surface area contributed by atoms with Gasteiger partial charge in [-0.15, -0.1) is 0 Å². The summed E-state index contributed by atoms with van der Waals surface area (Å²) in [7, 11) is 0. The first-order valence-corrected chi connectivity index (χ1v) is 5.91. The van der Waals surface area contributed by atoms with Crippen LogP contribution >= 0.6 is 0 Å². The number of pyridine rings is 1. The largest absolute Gasteiger partial charge is 0.477 e. The van der Waals surface area contributed by atoms with E-state index in [4.69, 9.17) is 9.84 Å². The van der Waals surface area contributed by atoms with Crippen molar-refractivity contribution in [3.63, 3.8) is 0 Å². The molecule has 1 N–H and O–H groups in total. The summed E-state index contributed by atoms with van der Waals surface area (Å²) in [5, 5.41) is 8.87. The first-order valence-electron chi connectivity index (χ1n) is 5.91. The number of nitrogens with zero attached hydrogens (tertiary/aromatic N) is 2. The zero-order chi connectivity index (χ0) is 13.0. The second-order valence-corrected chi connectivity index (χ2v) is 4.18. The first kappa shape index (κ1) is 12.8. The van der Waals surface area contributed by atoms with E-state index in [2.05, 4.69) is 4.90 Å². The van der Waals surface area contributed by atoms with Gasteiger partial charge in [0.05, 0.1) is 13.2 Å². The Hall–Kier alpha value is -1.66. The number of hydrogen-bond acceptors (Lipinski definition) is 4. The van der Waals surface area contributed by atoms with Gasteiger partial charge >= 0.3 is 5.97 Å². The molecule has 1 fully saturated rings. The van der Waals surface area contributed by atoms with Crippen molar-refractivity contribution in [2.75, 3.05) is 32.8 Å². The van der Waals surface area contributed by atoms with E-state index in [-0.39, 0.29) is 5.56 Å². The van der Waals surface area contributed by atoms with Gasteiger partial charge in [-0.2, -0.15) is 0 Å². The third-order valence-electron chi connectivity index (χ3n) is 3.01. The van der Waals surface area contributed by atoms with Gasteiger partial charge in [-0.1, -0.05) is 0 Å². The molecule has 0 radical (unpaired) electrons. The summed E-state index contributed by atoms with van der Waals surface area (Å²) in [6.45, 7) is 4.36. The van der Waals surface area contributed by atoms with Crippen molar-refractivity contribution in [1.29, 1.82) is 0 Å². The summed E-state index contributed by atoms with van der Waals surface area (Å²) in [6, 6.07) is 2.92. The van der Waals surface area contributed by atoms with E-state index in [9.17, 15) is 9.59 Å². The van der Waals surface area contributed by atoms with Gasteiger partial charge in [-0.3, -0.25) is 9.69 Å². The molecule has 6 nitrogen and oxygen atoms in total. The van der Waals surface area contributed by atoms with Gasteiger partial charge in [0.1, 0.15) is 5.56 Å². The predicted octanol–water partition coefficient (Wildman–Crippen LogP) is -0.121. The fourth-order valence-corrected chi connectivity index (χ4v) is 1.95. The van der Waals surface area contributed by atoms with Gasteiger partial charge in [0.15, 0.2) is 0 Å². The average molecular weight is 252 g/mol. The molecule has 1 saturated heterocycles. The van der Waals surface area contributed by atoms with E-state index in [1.54, 1.807) is 12.3 Å². The minimum atomic E-state index is -1.18. The molecule has 18 heavy (non-hydrogen) atoms. The van der Waals surface area contributed by atoms with Crippen molar-refractivity contribution in [1.82, 2.24) is 9.47 Å². The molecular formula is C12H16N2O4. The number of hydrogen-bond donors (Lipinski definition) is 1. The van der Waals surface area contributed by atoms with Crippen LogP contribution in [0.3, 0.4) is 0 Å². The number of carboxylic acid groups (broad SMARTS) is 1. The molecule has 0 amide bonds. The number of aromatic carboxylic acids is 1. The second-order valence-electron chi connectivity index (χ2n) is 4.18. The molecule has 0 aliphatic carbocycles. The topological polar surface area (TPSA) is 71.8 Å². The minimum absolute atomic E-state index is 0.181. The summed E-state index contributed by atoms with van der Waals surface area (Å²) in [5.41, 5.74) is -0.627. The standard InChI is InChI=1S/C12H16N2O4/c15-11-10(12(16)17)2-1-3-14(11)5-4-13-6-8-18-9-7-13/h1-3H,4-9H2,(H,16,17). The normalized spacial score (nSPS) is 16.7. The highest BCUT2D eigenvalue weighted by Gasteiger charge is 2.12. The smallest absolute Gasteiger partial charge is 0.341 e. The maximum Gasteiger partial charge on any atom is 0.341 e. The first-order chi connectivity index (χ1) is 8.68. The highest BCUT2D eigenvalue weighted by Crippen LogP contribution is 1.98. The summed E-state index contributed by atoms with van der Waals surface area (Å²) >= 11 is 0. The van der Waals surface area contributed by atoms with Crippen molar-refractivity contribution in [2.45, 2.75) is 6.54 Å². The molecule has 1 aliphatic heterocycles. The molecule has 1 aromatic rings. The Morgan fingerprint density at radius 1 is 1.33 bits per heavy atom. The van der Waals surface area contributed by atoms with Crippen LogP contribution in [0.4, 0.5) is 0 Å². The Bertz CT molecular complexity index is 477. The van der Waals surface area contributed by atoms with E-state index in [1.165, 1.54) is 10.6 Å². The Balaban J connectivity index is 2.03. The molecule has 0 atom stereocenters. The molecule has 0 saturated carbocycles. The Kier molecular flexibility index (Phi) is 4.11. The Morgan fingerprint density at radius 2 is 2.06 bits per heavy atom. The van der Waals surface area contributed by atoms with Crippen molar-refractivity contribution in [3.8, 4) is 0 Å². The molecule has 0 aromatic carbocycles. The van der Waals surface area contributed by atoms with E-state index in [0.29, 0.717) is 19.8 Å². The van der Waals surface area contributed by atoms with Crippen LogP contribution in [0.15, 0.2) is 23.1 Å². The maximum atomic E-state index is 11.8. The van der Waals surface area contributed by atoms with E-state index >= 15 is 0 Å². The predicted molar refractivity (Wildman–Crippen MR) is 64.9 cm³/mol. The maximum absolute atomic E-state index is 11.8. The number of morpholine rings is 1. The van der Waals surface area contributed by atoms with E-state index in [0.717, 1.165) is 19.6 Å². The molecule has 6 heteroatoms. The van der Waals surface area contributed by atoms with Crippen LogP contribution in [0, 0.1) is 0 Å². The highest BCUT2D eigenvalue weighted by atomic mass is 16.5. The van der Waals surface area contributed by atoms with E-state index < -0.39 is 11.5 Å². The molecule has 2 rings (SSSR count). The molecule has 2 heterocycles. The van der Waals surface area contributed by atoms with Crippen molar-refractivity contribution in [2.24, 2.45) is 0 Å². The summed E-state index contributed by atoms with van der Waals surface area (Å²) in [6.07, 6.45) is 1.62. The number of carbonyl (C=O) groups is 1. The van der Waals surface area contributed by atoms with Crippen LogP contribution in [-0.4, -0.2) is 53.4 Å². The van der Waals surface area contributed by atoms with Gasteiger partial charge < -0.3 is 14.4 Å². The fraction of sp³-hybridized carbons (Fsp3) is 0.500. The van der Waals surface area contributed by atoms with Gasteiger partial charge in [-0.25, -0.2) is 4.79 Å². The van der Waals surface area contributed by atoms with Crippen molar-refractivity contribution in [3.05, 3.63) is 34.2 Å².